The standard InChI is InChI=1S/C10H22O5Si/c1-6-8-9(10(11)15-7-2)16(12-3,13-4)14-5/h9H,6-8H2,1-5H3. The Balaban J connectivity index is 4.90. The molecule has 0 aromatic rings. The monoisotopic (exact) mass is 250 g/mol. The fourth-order valence-electron chi connectivity index (χ4n) is 1.65. The van der Waals surface area contributed by atoms with Crippen molar-refractivity contribution in [3.05, 3.63) is 0 Å². The Morgan fingerprint density at radius 3 is 1.94 bits per heavy atom. The van der Waals surface area contributed by atoms with Gasteiger partial charge in [-0.2, -0.15) is 0 Å². The lowest BCUT2D eigenvalue weighted by Crippen LogP contribution is -2.50. The highest BCUT2D eigenvalue weighted by Crippen LogP contribution is 2.30. The lowest BCUT2D eigenvalue weighted by atomic mass is 10.2. The van der Waals surface area contributed by atoms with Crippen LogP contribution in [0.4, 0.5) is 0 Å². The van der Waals surface area contributed by atoms with Crippen LogP contribution in [-0.2, 0) is 22.8 Å². The molecule has 5 nitrogen and oxygen atoms in total. The molecule has 0 N–H and O–H groups in total. The van der Waals surface area contributed by atoms with Crippen molar-refractivity contribution in [1.29, 1.82) is 0 Å². The number of esters is 1. The van der Waals surface area contributed by atoms with Crippen LogP contribution >= 0.6 is 0 Å². The maximum Gasteiger partial charge on any atom is 0.514 e. The van der Waals surface area contributed by atoms with E-state index < -0.39 is 14.3 Å². The van der Waals surface area contributed by atoms with Crippen LogP contribution in [0.15, 0.2) is 0 Å². The molecule has 6 heteroatoms. The average Bonchev–Trinajstić information content (AvgIpc) is 2.31. The van der Waals surface area contributed by atoms with Gasteiger partial charge in [0.2, 0.25) is 0 Å². The van der Waals surface area contributed by atoms with E-state index in [1.165, 1.54) is 21.3 Å². The molecular formula is C10H22O5Si. The summed E-state index contributed by atoms with van der Waals surface area (Å²) in [5, 5.41) is 0. The minimum atomic E-state index is -2.94. The van der Waals surface area contributed by atoms with Crippen molar-refractivity contribution >= 4 is 14.8 Å². The van der Waals surface area contributed by atoms with Crippen LogP contribution in [0.5, 0.6) is 0 Å². The molecule has 0 aromatic heterocycles. The van der Waals surface area contributed by atoms with E-state index in [0.717, 1.165) is 6.42 Å². The number of hydrogen-bond acceptors (Lipinski definition) is 5. The van der Waals surface area contributed by atoms with E-state index in [0.29, 0.717) is 13.0 Å². The van der Waals surface area contributed by atoms with Crippen LogP contribution in [0.1, 0.15) is 26.7 Å². The first-order valence-corrected chi connectivity index (χ1v) is 7.24. The van der Waals surface area contributed by atoms with Gasteiger partial charge in [0.15, 0.2) is 0 Å². The minimum Gasteiger partial charge on any atom is -0.466 e. The zero-order valence-corrected chi connectivity index (χ0v) is 11.7. The molecule has 1 atom stereocenters. The molecule has 0 aliphatic carbocycles. The Morgan fingerprint density at radius 1 is 1.12 bits per heavy atom. The summed E-state index contributed by atoms with van der Waals surface area (Å²) < 4.78 is 21.0. The van der Waals surface area contributed by atoms with Gasteiger partial charge in [-0.3, -0.25) is 4.79 Å². The van der Waals surface area contributed by atoms with E-state index in [9.17, 15) is 4.79 Å². The molecule has 0 aliphatic rings. The van der Waals surface area contributed by atoms with Gasteiger partial charge in [-0.05, 0) is 13.3 Å². The number of carbonyl (C=O) groups excluding carboxylic acids is 1. The van der Waals surface area contributed by atoms with Gasteiger partial charge in [0.25, 0.3) is 0 Å². The Labute approximate surface area is 98.4 Å². The molecule has 0 bridgehead atoms. The highest BCUT2D eigenvalue weighted by atomic mass is 28.4. The summed E-state index contributed by atoms with van der Waals surface area (Å²) >= 11 is 0. The highest BCUT2D eigenvalue weighted by Gasteiger charge is 2.51. The first kappa shape index (κ1) is 15.6. The van der Waals surface area contributed by atoms with Crippen molar-refractivity contribution in [2.24, 2.45) is 0 Å². The number of carbonyl (C=O) groups is 1. The zero-order chi connectivity index (χ0) is 12.6. The normalized spacial score (nSPS) is 13.6. The molecule has 0 saturated heterocycles. The van der Waals surface area contributed by atoms with Crippen molar-refractivity contribution in [2.45, 2.75) is 32.2 Å². The van der Waals surface area contributed by atoms with E-state index in [-0.39, 0.29) is 5.97 Å². The predicted octanol–water partition coefficient (Wildman–Crippen LogP) is 1.60. The largest absolute Gasteiger partial charge is 0.514 e. The Hall–Kier alpha value is -0.433. The van der Waals surface area contributed by atoms with Crippen LogP contribution in [-0.4, -0.2) is 42.7 Å². The molecule has 0 aliphatic heterocycles. The summed E-state index contributed by atoms with van der Waals surface area (Å²) in [5.41, 5.74) is -0.447. The van der Waals surface area contributed by atoms with Crippen molar-refractivity contribution in [2.75, 3.05) is 27.9 Å². The summed E-state index contributed by atoms with van der Waals surface area (Å²) in [6.45, 7) is 4.11. The van der Waals surface area contributed by atoms with Crippen LogP contribution < -0.4 is 0 Å². The van der Waals surface area contributed by atoms with E-state index >= 15 is 0 Å². The first-order valence-electron chi connectivity index (χ1n) is 5.43. The molecule has 0 saturated carbocycles. The topological polar surface area (TPSA) is 54.0 Å². The third kappa shape index (κ3) is 3.55. The molecule has 1 unspecified atom stereocenters. The SMILES string of the molecule is CCCC(C(=O)OCC)[Si](OC)(OC)OC. The Morgan fingerprint density at radius 2 is 1.62 bits per heavy atom. The molecule has 0 spiro atoms. The van der Waals surface area contributed by atoms with Gasteiger partial charge < -0.3 is 18.0 Å². The smallest absolute Gasteiger partial charge is 0.466 e. The minimum absolute atomic E-state index is 0.304. The van der Waals surface area contributed by atoms with E-state index in [2.05, 4.69) is 0 Å². The second kappa shape index (κ2) is 7.78. The molecule has 0 rings (SSSR count). The number of ether oxygens (including phenoxy) is 1. The maximum atomic E-state index is 11.8. The molecule has 0 amide bonds. The third-order valence-corrected chi connectivity index (χ3v) is 5.51. The Bertz CT molecular complexity index is 197. The second-order valence-corrected chi connectivity index (χ2v) is 6.44. The van der Waals surface area contributed by atoms with Gasteiger partial charge in [0.05, 0.1) is 6.61 Å². The number of rotatable bonds is 8. The van der Waals surface area contributed by atoms with Gasteiger partial charge in [-0.1, -0.05) is 13.3 Å². The van der Waals surface area contributed by atoms with Crippen LogP contribution in [0.25, 0.3) is 0 Å². The van der Waals surface area contributed by atoms with Crippen molar-refractivity contribution < 1.29 is 22.8 Å². The molecule has 0 heterocycles. The lowest BCUT2D eigenvalue weighted by Gasteiger charge is -2.30. The van der Waals surface area contributed by atoms with Gasteiger partial charge in [-0.25, -0.2) is 0 Å². The van der Waals surface area contributed by atoms with E-state index in [1.807, 2.05) is 6.92 Å². The number of hydrogen-bond donors (Lipinski definition) is 0. The van der Waals surface area contributed by atoms with Crippen LogP contribution in [0.3, 0.4) is 0 Å². The van der Waals surface area contributed by atoms with Crippen LogP contribution in [0.2, 0.25) is 5.54 Å². The van der Waals surface area contributed by atoms with Crippen LogP contribution in [0, 0.1) is 0 Å². The molecule has 0 aromatic carbocycles. The summed E-state index contributed by atoms with van der Waals surface area (Å²) in [4.78, 5) is 11.8. The quantitative estimate of drug-likeness (QED) is 0.484. The Kier molecular flexibility index (Phi) is 7.57. The van der Waals surface area contributed by atoms with E-state index in [1.54, 1.807) is 6.92 Å². The summed E-state index contributed by atoms with van der Waals surface area (Å²) in [6, 6.07) is 0. The second-order valence-electron chi connectivity index (χ2n) is 3.31. The molecule has 96 valence electrons. The summed E-state index contributed by atoms with van der Waals surface area (Å²) in [5.74, 6) is -0.304. The fraction of sp³-hybridized carbons (Fsp3) is 0.900. The van der Waals surface area contributed by atoms with Gasteiger partial charge in [0.1, 0.15) is 5.54 Å². The molecule has 16 heavy (non-hydrogen) atoms. The van der Waals surface area contributed by atoms with E-state index in [4.69, 9.17) is 18.0 Å². The summed E-state index contributed by atoms with van der Waals surface area (Å²) in [6.07, 6.45) is 1.48. The molecule has 0 radical (unpaired) electrons. The lowest BCUT2D eigenvalue weighted by molar-refractivity contribution is -0.144. The van der Waals surface area contributed by atoms with Gasteiger partial charge in [0, 0.05) is 21.3 Å². The fourth-order valence-corrected chi connectivity index (χ4v) is 4.02. The first-order chi connectivity index (χ1) is 7.61. The molecule has 0 fully saturated rings. The third-order valence-electron chi connectivity index (χ3n) is 2.43. The van der Waals surface area contributed by atoms with Crippen molar-refractivity contribution in [3.8, 4) is 0 Å². The summed E-state index contributed by atoms with van der Waals surface area (Å²) in [7, 11) is 1.56. The molecular weight excluding hydrogens is 228 g/mol. The predicted molar refractivity (Wildman–Crippen MR) is 62.1 cm³/mol. The zero-order valence-electron chi connectivity index (χ0n) is 10.7. The van der Waals surface area contributed by atoms with Gasteiger partial charge >= 0.3 is 14.8 Å². The van der Waals surface area contributed by atoms with Crippen molar-refractivity contribution in [3.63, 3.8) is 0 Å². The highest BCUT2D eigenvalue weighted by molar-refractivity contribution is 6.66. The average molecular weight is 250 g/mol. The van der Waals surface area contributed by atoms with Crippen molar-refractivity contribution in [1.82, 2.24) is 0 Å². The maximum absolute atomic E-state index is 11.8. The van der Waals surface area contributed by atoms with Gasteiger partial charge in [-0.15, -0.1) is 0 Å².